The van der Waals surface area contributed by atoms with Gasteiger partial charge in [0.05, 0.1) is 5.52 Å². The number of nitrogens with zero attached hydrogens (tertiary/aromatic N) is 3. The number of carbonyl (C=O) groups excluding carboxylic acids is 1. The van der Waals surface area contributed by atoms with Crippen molar-refractivity contribution in [2.75, 3.05) is 13.1 Å². The number of piperidine rings is 1. The van der Waals surface area contributed by atoms with E-state index in [1.54, 1.807) is 25.2 Å². The number of aryl methyl sites for hydroxylation is 2. The molecule has 4 rings (SSSR count). The Hall–Kier alpha value is -2.83. The first kappa shape index (κ1) is 15.7. The predicted molar refractivity (Wildman–Crippen MR) is 92.7 cm³/mol. The van der Waals surface area contributed by atoms with E-state index in [2.05, 4.69) is 9.97 Å². The second-order valence-electron chi connectivity index (χ2n) is 6.65. The standard InChI is InChI=1S/C18H20N4O3/c1-11-9-19-16(20-11)13-4-3-7-22(10-13)17(23)12-5-6-15-14(8-12)21(2)18(24)25-15/h5-6,8-9,13H,3-4,7,10H2,1-2H3,(H,19,20)/t13-/m0/s1. The maximum Gasteiger partial charge on any atom is 0.419 e. The number of hydrogen-bond acceptors (Lipinski definition) is 4. The molecule has 1 aliphatic rings. The number of likely N-dealkylation sites (tertiary alicyclic amines) is 1. The summed E-state index contributed by atoms with van der Waals surface area (Å²) in [6.07, 6.45) is 3.79. The summed E-state index contributed by atoms with van der Waals surface area (Å²) in [5, 5.41) is 0. The van der Waals surface area contributed by atoms with Crippen LogP contribution in [-0.2, 0) is 7.05 Å². The molecule has 1 aromatic carbocycles. The smallest absolute Gasteiger partial charge is 0.408 e. The van der Waals surface area contributed by atoms with Crippen LogP contribution in [0, 0.1) is 6.92 Å². The summed E-state index contributed by atoms with van der Waals surface area (Å²) in [6.45, 7) is 3.36. The molecule has 0 spiro atoms. The molecule has 3 aromatic rings. The van der Waals surface area contributed by atoms with Crippen LogP contribution in [0.2, 0.25) is 0 Å². The lowest BCUT2D eigenvalue weighted by molar-refractivity contribution is 0.0705. The summed E-state index contributed by atoms with van der Waals surface area (Å²) in [6, 6.07) is 5.12. The van der Waals surface area contributed by atoms with Crippen LogP contribution >= 0.6 is 0 Å². The Labute approximate surface area is 144 Å². The zero-order valence-electron chi connectivity index (χ0n) is 14.3. The fraction of sp³-hybridized carbons (Fsp3) is 0.389. The molecule has 3 heterocycles. The van der Waals surface area contributed by atoms with Gasteiger partial charge in [-0.25, -0.2) is 9.78 Å². The van der Waals surface area contributed by atoms with E-state index in [0.717, 1.165) is 30.9 Å². The molecule has 1 fully saturated rings. The maximum absolute atomic E-state index is 12.9. The van der Waals surface area contributed by atoms with Crippen molar-refractivity contribution in [1.29, 1.82) is 0 Å². The highest BCUT2D eigenvalue weighted by Gasteiger charge is 2.27. The van der Waals surface area contributed by atoms with Crippen molar-refractivity contribution < 1.29 is 9.21 Å². The molecule has 0 unspecified atom stereocenters. The maximum atomic E-state index is 12.9. The molecular formula is C18H20N4O3. The highest BCUT2D eigenvalue weighted by atomic mass is 16.4. The fourth-order valence-corrected chi connectivity index (χ4v) is 3.47. The summed E-state index contributed by atoms with van der Waals surface area (Å²) < 4.78 is 6.54. The first-order valence-corrected chi connectivity index (χ1v) is 8.43. The molecule has 1 saturated heterocycles. The molecule has 1 aliphatic heterocycles. The number of nitrogens with one attached hydrogen (secondary N) is 1. The fourth-order valence-electron chi connectivity index (χ4n) is 3.47. The van der Waals surface area contributed by atoms with Crippen molar-refractivity contribution in [2.24, 2.45) is 7.05 Å². The molecule has 0 aliphatic carbocycles. The Balaban J connectivity index is 1.59. The summed E-state index contributed by atoms with van der Waals surface area (Å²) in [7, 11) is 1.64. The first-order valence-electron chi connectivity index (χ1n) is 8.43. The molecule has 7 nitrogen and oxygen atoms in total. The first-order chi connectivity index (χ1) is 12.0. The van der Waals surface area contributed by atoms with Crippen molar-refractivity contribution in [3.8, 4) is 0 Å². The van der Waals surface area contributed by atoms with Crippen LogP contribution in [0.5, 0.6) is 0 Å². The third-order valence-electron chi connectivity index (χ3n) is 4.86. The molecule has 0 bridgehead atoms. The van der Waals surface area contributed by atoms with Crippen LogP contribution in [-0.4, -0.2) is 38.4 Å². The van der Waals surface area contributed by atoms with E-state index in [1.807, 2.05) is 18.0 Å². The summed E-state index contributed by atoms with van der Waals surface area (Å²) in [5.41, 5.74) is 2.72. The van der Waals surface area contributed by atoms with Crippen LogP contribution in [0.1, 0.15) is 40.6 Å². The van der Waals surface area contributed by atoms with Crippen molar-refractivity contribution in [3.63, 3.8) is 0 Å². The van der Waals surface area contributed by atoms with Crippen molar-refractivity contribution >= 4 is 17.0 Å². The van der Waals surface area contributed by atoms with Gasteiger partial charge in [-0.1, -0.05) is 0 Å². The zero-order chi connectivity index (χ0) is 17.6. The van der Waals surface area contributed by atoms with Gasteiger partial charge in [0.15, 0.2) is 5.58 Å². The van der Waals surface area contributed by atoms with Gasteiger partial charge in [-0.2, -0.15) is 0 Å². The largest absolute Gasteiger partial charge is 0.419 e. The molecule has 130 valence electrons. The molecule has 1 amide bonds. The quantitative estimate of drug-likeness (QED) is 0.775. The van der Waals surface area contributed by atoms with E-state index in [0.29, 0.717) is 23.2 Å². The number of fused-ring (bicyclic) bond motifs is 1. The summed E-state index contributed by atoms with van der Waals surface area (Å²) in [5.74, 6) is 0.727. The van der Waals surface area contributed by atoms with Gasteiger partial charge in [-0.15, -0.1) is 0 Å². The lowest BCUT2D eigenvalue weighted by atomic mass is 9.96. The molecule has 1 atom stereocenters. The highest BCUT2D eigenvalue weighted by Crippen LogP contribution is 2.26. The van der Waals surface area contributed by atoms with Gasteiger partial charge in [0, 0.05) is 43.5 Å². The minimum absolute atomic E-state index is 0.0245. The Morgan fingerprint density at radius 2 is 2.24 bits per heavy atom. The van der Waals surface area contributed by atoms with E-state index in [4.69, 9.17) is 4.42 Å². The average molecular weight is 340 g/mol. The molecule has 0 radical (unpaired) electrons. The molecular weight excluding hydrogens is 320 g/mol. The Bertz CT molecular complexity index is 997. The van der Waals surface area contributed by atoms with Crippen LogP contribution in [0.3, 0.4) is 0 Å². The van der Waals surface area contributed by atoms with Crippen molar-refractivity contribution in [1.82, 2.24) is 19.4 Å². The van der Waals surface area contributed by atoms with Gasteiger partial charge in [0.25, 0.3) is 5.91 Å². The highest BCUT2D eigenvalue weighted by molar-refractivity contribution is 5.97. The number of amides is 1. The number of aromatic amines is 1. The minimum atomic E-state index is -0.425. The number of imidazole rings is 1. The van der Waals surface area contributed by atoms with Crippen molar-refractivity contribution in [2.45, 2.75) is 25.7 Å². The van der Waals surface area contributed by atoms with E-state index in [1.165, 1.54) is 4.57 Å². The van der Waals surface area contributed by atoms with Crippen LogP contribution < -0.4 is 5.76 Å². The number of oxazole rings is 1. The number of H-pyrrole nitrogens is 1. The summed E-state index contributed by atoms with van der Waals surface area (Å²) in [4.78, 5) is 34.1. The SMILES string of the molecule is Cc1cnc([C@H]2CCCN(C(=O)c3ccc4oc(=O)n(C)c4c3)C2)[nH]1. The zero-order valence-corrected chi connectivity index (χ0v) is 14.3. The Morgan fingerprint density at radius 1 is 1.40 bits per heavy atom. The number of carbonyl (C=O) groups is 1. The van der Waals surface area contributed by atoms with Gasteiger partial charge in [-0.3, -0.25) is 9.36 Å². The molecule has 2 aromatic heterocycles. The van der Waals surface area contributed by atoms with E-state index >= 15 is 0 Å². The normalized spacial score (nSPS) is 18.0. The molecule has 0 saturated carbocycles. The Kier molecular flexibility index (Phi) is 3.71. The predicted octanol–water partition coefficient (Wildman–Crippen LogP) is 2.18. The lowest BCUT2D eigenvalue weighted by Crippen LogP contribution is -2.39. The summed E-state index contributed by atoms with van der Waals surface area (Å²) >= 11 is 0. The number of rotatable bonds is 2. The van der Waals surface area contributed by atoms with Gasteiger partial charge < -0.3 is 14.3 Å². The third-order valence-corrected chi connectivity index (χ3v) is 4.86. The number of aromatic nitrogens is 3. The van der Waals surface area contributed by atoms with E-state index in [-0.39, 0.29) is 11.8 Å². The lowest BCUT2D eigenvalue weighted by Gasteiger charge is -2.32. The van der Waals surface area contributed by atoms with Crippen LogP contribution in [0.25, 0.3) is 11.1 Å². The Morgan fingerprint density at radius 3 is 3.00 bits per heavy atom. The van der Waals surface area contributed by atoms with Crippen molar-refractivity contribution in [3.05, 3.63) is 52.0 Å². The van der Waals surface area contributed by atoms with E-state index < -0.39 is 5.76 Å². The minimum Gasteiger partial charge on any atom is -0.408 e. The van der Waals surface area contributed by atoms with Crippen LogP contribution in [0.15, 0.2) is 33.6 Å². The van der Waals surface area contributed by atoms with Gasteiger partial charge in [-0.05, 0) is 38.0 Å². The average Bonchev–Trinajstić information content (AvgIpc) is 3.18. The third kappa shape index (κ3) is 2.75. The number of benzene rings is 1. The van der Waals surface area contributed by atoms with E-state index in [9.17, 15) is 9.59 Å². The van der Waals surface area contributed by atoms with Crippen LogP contribution in [0.4, 0.5) is 0 Å². The van der Waals surface area contributed by atoms with Gasteiger partial charge in [0.1, 0.15) is 5.82 Å². The molecule has 1 N–H and O–H groups in total. The molecule has 25 heavy (non-hydrogen) atoms. The monoisotopic (exact) mass is 340 g/mol. The topological polar surface area (TPSA) is 84.1 Å². The second kappa shape index (κ2) is 5.91. The van der Waals surface area contributed by atoms with Gasteiger partial charge >= 0.3 is 5.76 Å². The second-order valence-corrected chi connectivity index (χ2v) is 6.65. The molecule has 7 heteroatoms. The number of hydrogen-bond donors (Lipinski definition) is 1. The van der Waals surface area contributed by atoms with Gasteiger partial charge in [0.2, 0.25) is 0 Å².